The van der Waals surface area contributed by atoms with Crippen molar-refractivity contribution >= 4 is 39.6 Å². The van der Waals surface area contributed by atoms with Gasteiger partial charge in [0.2, 0.25) is 0 Å². The fourth-order valence-corrected chi connectivity index (χ4v) is 3.63. The molecular weight excluding hydrogens is 318 g/mol. The molecule has 0 unspecified atom stereocenters. The third-order valence-electron chi connectivity index (χ3n) is 2.72. The van der Waals surface area contributed by atoms with Crippen LogP contribution in [0.15, 0.2) is 22.7 Å². The second kappa shape index (κ2) is 5.32. The molecule has 0 spiro atoms. The summed E-state index contributed by atoms with van der Waals surface area (Å²) in [5.74, 6) is -0.285. The molecule has 0 aliphatic carbocycles. The zero-order valence-electron chi connectivity index (χ0n) is 9.72. The summed E-state index contributed by atoms with van der Waals surface area (Å²) < 4.78 is 0.824. The van der Waals surface area contributed by atoms with E-state index in [1.165, 1.54) is 16.7 Å². The van der Waals surface area contributed by atoms with E-state index in [2.05, 4.69) is 15.9 Å². The van der Waals surface area contributed by atoms with Crippen LogP contribution >= 0.6 is 27.7 Å². The van der Waals surface area contributed by atoms with Crippen molar-refractivity contribution in [3.05, 3.63) is 33.8 Å². The molecule has 2 rings (SSSR count). The van der Waals surface area contributed by atoms with E-state index in [0.29, 0.717) is 17.2 Å². The van der Waals surface area contributed by atoms with Gasteiger partial charge >= 0.3 is 5.97 Å². The zero-order chi connectivity index (χ0) is 13.3. The number of halogens is 1. The largest absolute Gasteiger partial charge is 0.480 e. The lowest BCUT2D eigenvalue weighted by Gasteiger charge is -2.20. The number of rotatable bonds is 2. The summed E-state index contributed by atoms with van der Waals surface area (Å²) >= 11 is 4.80. The van der Waals surface area contributed by atoms with Crippen molar-refractivity contribution in [3.63, 3.8) is 0 Å². The molecule has 1 saturated heterocycles. The maximum absolute atomic E-state index is 12.3. The summed E-state index contributed by atoms with van der Waals surface area (Å²) in [6, 6.07) is 4.68. The summed E-state index contributed by atoms with van der Waals surface area (Å²) in [7, 11) is 0. The minimum absolute atomic E-state index is 0.225. The number of carbonyl (C=O) groups excluding carboxylic acids is 1. The first-order chi connectivity index (χ1) is 8.49. The number of hydrogen-bond acceptors (Lipinski definition) is 3. The normalized spacial score (nSPS) is 19.0. The summed E-state index contributed by atoms with van der Waals surface area (Å²) in [4.78, 5) is 24.8. The van der Waals surface area contributed by atoms with Crippen LogP contribution in [-0.4, -0.2) is 39.6 Å². The van der Waals surface area contributed by atoms with E-state index in [4.69, 9.17) is 5.11 Å². The van der Waals surface area contributed by atoms with E-state index in [9.17, 15) is 9.59 Å². The van der Waals surface area contributed by atoms with Crippen molar-refractivity contribution in [2.45, 2.75) is 13.0 Å². The van der Waals surface area contributed by atoms with Crippen molar-refractivity contribution in [2.24, 2.45) is 0 Å². The third kappa shape index (κ3) is 2.70. The molecule has 1 aromatic rings. The summed E-state index contributed by atoms with van der Waals surface area (Å²) in [5, 5.41) is 9.07. The van der Waals surface area contributed by atoms with Crippen molar-refractivity contribution < 1.29 is 14.7 Å². The molecular formula is C12H12BrNO3S. The minimum atomic E-state index is -0.944. The van der Waals surface area contributed by atoms with Crippen molar-refractivity contribution in [1.82, 2.24) is 4.90 Å². The van der Waals surface area contributed by atoms with Gasteiger partial charge in [-0.15, -0.1) is 11.8 Å². The number of amides is 1. The van der Waals surface area contributed by atoms with E-state index in [1.807, 2.05) is 13.0 Å². The predicted molar refractivity (Wildman–Crippen MR) is 73.8 cm³/mol. The van der Waals surface area contributed by atoms with E-state index in [1.54, 1.807) is 12.1 Å². The van der Waals surface area contributed by atoms with Gasteiger partial charge in [-0.2, -0.15) is 0 Å². The number of hydrogen-bond donors (Lipinski definition) is 1. The van der Waals surface area contributed by atoms with Gasteiger partial charge in [0.1, 0.15) is 6.04 Å². The molecule has 0 bridgehead atoms. The fourth-order valence-electron chi connectivity index (χ4n) is 1.87. The van der Waals surface area contributed by atoms with Gasteiger partial charge in [0, 0.05) is 15.8 Å². The monoisotopic (exact) mass is 329 g/mol. The van der Waals surface area contributed by atoms with Crippen LogP contribution in [0, 0.1) is 6.92 Å². The van der Waals surface area contributed by atoms with Crippen LogP contribution in [0.5, 0.6) is 0 Å². The molecule has 1 aliphatic heterocycles. The highest BCUT2D eigenvalue weighted by Crippen LogP contribution is 2.25. The van der Waals surface area contributed by atoms with Crippen molar-refractivity contribution in [2.75, 3.05) is 11.6 Å². The van der Waals surface area contributed by atoms with Crippen LogP contribution in [-0.2, 0) is 4.79 Å². The van der Waals surface area contributed by atoms with Crippen LogP contribution in [0.4, 0.5) is 0 Å². The predicted octanol–water partition coefficient (Wildman–Crippen LogP) is 2.36. The molecule has 1 atom stereocenters. The Bertz CT molecular complexity index is 486. The summed E-state index contributed by atoms with van der Waals surface area (Å²) in [6.07, 6.45) is 0. The highest BCUT2D eigenvalue weighted by Gasteiger charge is 2.35. The van der Waals surface area contributed by atoms with Gasteiger partial charge in [-0.1, -0.05) is 15.9 Å². The molecule has 4 nitrogen and oxygen atoms in total. The Hall–Kier alpha value is -1.01. The molecule has 1 aromatic carbocycles. The molecule has 1 heterocycles. The van der Waals surface area contributed by atoms with Gasteiger partial charge in [-0.25, -0.2) is 4.79 Å². The quantitative estimate of drug-likeness (QED) is 0.904. The molecule has 1 amide bonds. The van der Waals surface area contributed by atoms with Gasteiger partial charge < -0.3 is 10.0 Å². The van der Waals surface area contributed by atoms with E-state index in [-0.39, 0.29) is 5.91 Å². The fraction of sp³-hybridized carbons (Fsp3) is 0.333. The van der Waals surface area contributed by atoms with Gasteiger partial charge in [0.25, 0.3) is 5.91 Å². The lowest BCUT2D eigenvalue weighted by molar-refractivity contribution is -0.140. The second-order valence-electron chi connectivity index (χ2n) is 4.15. The van der Waals surface area contributed by atoms with Gasteiger partial charge in [-0.3, -0.25) is 4.79 Å². The molecule has 6 heteroatoms. The molecule has 18 heavy (non-hydrogen) atoms. The van der Waals surface area contributed by atoms with Gasteiger partial charge in [0.15, 0.2) is 0 Å². The first-order valence-corrected chi connectivity index (χ1v) is 7.32. The SMILES string of the molecule is Cc1cc(Br)cc(C(=O)N2CSC[C@H]2C(=O)O)c1. The molecule has 1 N–H and O–H groups in total. The summed E-state index contributed by atoms with van der Waals surface area (Å²) in [5.41, 5.74) is 1.49. The maximum Gasteiger partial charge on any atom is 0.327 e. The Kier molecular flexibility index (Phi) is 3.97. The van der Waals surface area contributed by atoms with Gasteiger partial charge in [0.05, 0.1) is 5.88 Å². The smallest absolute Gasteiger partial charge is 0.327 e. The first kappa shape index (κ1) is 13.4. The van der Waals surface area contributed by atoms with Gasteiger partial charge in [-0.05, 0) is 30.7 Å². The van der Waals surface area contributed by atoms with Crippen LogP contribution < -0.4 is 0 Å². The van der Waals surface area contributed by atoms with E-state index >= 15 is 0 Å². The Balaban J connectivity index is 2.28. The zero-order valence-corrected chi connectivity index (χ0v) is 12.1. The second-order valence-corrected chi connectivity index (χ2v) is 6.06. The van der Waals surface area contributed by atoms with Crippen LogP contribution in [0.3, 0.4) is 0 Å². The number of carbonyl (C=O) groups is 2. The van der Waals surface area contributed by atoms with E-state index < -0.39 is 12.0 Å². The van der Waals surface area contributed by atoms with Crippen LogP contribution in [0.2, 0.25) is 0 Å². The van der Waals surface area contributed by atoms with Crippen LogP contribution in [0.25, 0.3) is 0 Å². The Morgan fingerprint density at radius 2 is 2.17 bits per heavy atom. The number of carboxylic acids is 1. The Labute approximate surface area is 117 Å². The number of carboxylic acid groups (broad SMARTS) is 1. The average Bonchev–Trinajstić information content (AvgIpc) is 2.75. The van der Waals surface area contributed by atoms with Crippen molar-refractivity contribution in [3.8, 4) is 0 Å². The lowest BCUT2D eigenvalue weighted by Crippen LogP contribution is -2.41. The number of thioether (sulfide) groups is 1. The standard InChI is InChI=1S/C12H12BrNO3S/c1-7-2-8(4-9(13)3-7)11(15)14-6-18-5-10(14)12(16)17/h2-4,10H,5-6H2,1H3,(H,16,17)/t10-/m0/s1. The van der Waals surface area contributed by atoms with Crippen LogP contribution in [0.1, 0.15) is 15.9 Å². The maximum atomic E-state index is 12.3. The molecule has 1 fully saturated rings. The molecule has 0 aromatic heterocycles. The van der Waals surface area contributed by atoms with E-state index in [0.717, 1.165) is 10.0 Å². The molecule has 96 valence electrons. The average molecular weight is 330 g/mol. The number of aryl methyl sites for hydroxylation is 1. The Morgan fingerprint density at radius 3 is 2.78 bits per heavy atom. The number of benzene rings is 1. The number of nitrogens with zero attached hydrogens (tertiary/aromatic N) is 1. The first-order valence-electron chi connectivity index (χ1n) is 5.38. The molecule has 0 saturated carbocycles. The highest BCUT2D eigenvalue weighted by atomic mass is 79.9. The third-order valence-corrected chi connectivity index (χ3v) is 4.19. The topological polar surface area (TPSA) is 57.6 Å². The summed E-state index contributed by atoms with van der Waals surface area (Å²) in [6.45, 7) is 1.90. The lowest BCUT2D eigenvalue weighted by atomic mass is 10.1. The highest BCUT2D eigenvalue weighted by molar-refractivity contribution is 9.10. The Morgan fingerprint density at radius 1 is 1.44 bits per heavy atom. The number of aliphatic carboxylic acids is 1. The minimum Gasteiger partial charge on any atom is -0.480 e. The molecule has 0 radical (unpaired) electrons. The molecule has 1 aliphatic rings. The van der Waals surface area contributed by atoms with Crippen molar-refractivity contribution in [1.29, 1.82) is 0 Å².